The fourth-order valence-electron chi connectivity index (χ4n) is 0. The highest BCUT2D eigenvalue weighted by Crippen LogP contribution is 1.21. The van der Waals surface area contributed by atoms with Crippen molar-refractivity contribution in [3.63, 3.8) is 0 Å². The summed E-state index contributed by atoms with van der Waals surface area (Å²) in [5, 5.41) is 27.3. The molecule has 0 saturated carbocycles. The van der Waals surface area contributed by atoms with Crippen molar-refractivity contribution in [3.05, 3.63) is 0 Å². The molecule has 0 bridgehead atoms. The topological polar surface area (TPSA) is 217 Å². The van der Waals surface area contributed by atoms with Gasteiger partial charge in [0.2, 0.25) is 0 Å². The Morgan fingerprint density at radius 3 is 1.17 bits per heavy atom. The number of rotatable bonds is 0. The molecule has 9 heteroatoms. The second-order valence-electron chi connectivity index (χ2n) is 1.21. The first-order chi connectivity index (χ1) is 5.20. The lowest BCUT2D eigenvalue weighted by Gasteiger charge is -1.96. The highest BCUT2D eigenvalue weighted by Gasteiger charge is 1.64. The molecule has 0 aromatic carbocycles. The van der Waals surface area contributed by atoms with Crippen LogP contribution in [-0.4, -0.2) is 18.1 Å². The fraction of sp³-hybridized carbons (Fsp3) is 0. The molecule has 11 N–H and O–H groups in total. The molecule has 12 heavy (non-hydrogen) atoms. The lowest BCUT2D eigenvalue weighted by molar-refractivity contribution is -0.415. The molecule has 0 fully saturated rings. The van der Waals surface area contributed by atoms with Gasteiger partial charge >= 0.3 is 5.96 Å². The van der Waals surface area contributed by atoms with E-state index in [0.717, 1.165) is 0 Å². The van der Waals surface area contributed by atoms with E-state index in [0.29, 0.717) is 0 Å². The van der Waals surface area contributed by atoms with Crippen molar-refractivity contribution in [1.29, 1.82) is 5.41 Å². The average molecular weight is 179 g/mol. The lowest BCUT2D eigenvalue weighted by Crippen LogP contribution is -2.51. The zero-order chi connectivity index (χ0) is 10.7. The fourth-order valence-corrected chi connectivity index (χ4v) is 0. The summed E-state index contributed by atoms with van der Waals surface area (Å²) in [5.41, 5.74) is 18.1. The first-order valence-electron chi connectivity index (χ1n) is 2.31. The third-order valence-electron chi connectivity index (χ3n) is 0. The number of carbonyl (C=O) groups is 1. The summed E-state index contributed by atoms with van der Waals surface area (Å²) in [5.74, 6) is -0.417. The minimum absolute atomic E-state index is 0.0833. The maximum absolute atomic E-state index is 8.33. The first-order valence-corrected chi connectivity index (χ1v) is 2.31. The summed E-state index contributed by atoms with van der Waals surface area (Å²) in [7, 11) is 0. The van der Waals surface area contributed by atoms with Crippen molar-refractivity contribution < 1.29 is 20.4 Å². The largest absolute Gasteiger partial charge is 0.652 e. The molecule has 0 radical (unpaired) electrons. The minimum Gasteiger partial charge on any atom is -0.652 e. The van der Waals surface area contributed by atoms with Gasteiger partial charge in [0.05, 0.1) is 0 Å². The molecule has 0 atom stereocenters. The van der Waals surface area contributed by atoms with Crippen LogP contribution in [0.2, 0.25) is 0 Å². The van der Waals surface area contributed by atoms with Crippen LogP contribution in [0.5, 0.6) is 0 Å². The Balaban J connectivity index is -0.000000101. The second-order valence-corrected chi connectivity index (χ2v) is 1.21. The Bertz CT molecular complexity index is 116. The van der Waals surface area contributed by atoms with Gasteiger partial charge in [-0.2, -0.15) is 0 Å². The summed E-state index contributed by atoms with van der Waals surface area (Å²) in [6.45, 7) is 0. The Morgan fingerprint density at radius 1 is 1.17 bits per heavy atom. The standard InChI is InChI=1S/2CH5N3.CH2O3/c3*2-1(3)4/h2*(H5,2,3,4);(H2,2,3,4)/p-1. The van der Waals surface area contributed by atoms with E-state index >= 15 is 0 Å². The Hall–Kier alpha value is -2.19. The molecule has 0 amide bonds. The predicted octanol–water partition coefficient (Wildman–Crippen LogP) is -6.59. The maximum atomic E-state index is 8.33. The Kier molecular flexibility index (Phi) is 15.9. The molecule has 0 aromatic rings. The highest BCUT2D eigenvalue weighted by molar-refractivity contribution is 5.71. The highest BCUT2D eigenvalue weighted by atomic mass is 16.6. The number of carbonyl (C=O) groups excluding carboxylic acids is 1. The van der Waals surface area contributed by atoms with Crippen LogP contribution in [0.4, 0.5) is 4.79 Å². The zero-order valence-electron chi connectivity index (χ0n) is 6.11. The van der Waals surface area contributed by atoms with Gasteiger partial charge in [0, 0.05) is 0 Å². The number of hydrogen-bond donors (Lipinski definition) is 6. The summed E-state index contributed by atoms with van der Waals surface area (Å²) < 4.78 is 0. The number of carboxylic acid groups (broad SMARTS) is 2. The van der Waals surface area contributed by atoms with Crippen molar-refractivity contribution in [1.82, 2.24) is 0 Å². The zero-order valence-corrected chi connectivity index (χ0v) is 6.11. The van der Waals surface area contributed by atoms with Crippen molar-refractivity contribution in [2.24, 2.45) is 22.9 Å². The van der Waals surface area contributed by atoms with Crippen LogP contribution in [0.1, 0.15) is 0 Å². The van der Waals surface area contributed by atoms with Crippen LogP contribution >= 0.6 is 0 Å². The normalized spacial score (nSPS) is 6.00. The van der Waals surface area contributed by atoms with E-state index in [1.807, 2.05) is 0 Å². The SMILES string of the molecule is N=C(N)N.NC(N)=[NH2+].O=C([O-])[O-]. The van der Waals surface area contributed by atoms with Gasteiger partial charge in [-0.25, -0.2) is 0 Å². The quantitative estimate of drug-likeness (QED) is 0.156. The summed E-state index contributed by atoms with van der Waals surface area (Å²) in [6.07, 6.45) is -2.33. The summed E-state index contributed by atoms with van der Waals surface area (Å²) in [6, 6.07) is 0. The van der Waals surface area contributed by atoms with Crippen LogP contribution in [0, 0.1) is 5.41 Å². The van der Waals surface area contributed by atoms with Gasteiger partial charge < -0.3 is 26.5 Å². The van der Waals surface area contributed by atoms with Crippen LogP contribution in [-0.2, 0) is 0 Å². The summed E-state index contributed by atoms with van der Waals surface area (Å²) >= 11 is 0. The van der Waals surface area contributed by atoms with Gasteiger partial charge in [-0.1, -0.05) is 0 Å². The molecular formula is C3H11N6O3-. The lowest BCUT2D eigenvalue weighted by atomic mass is 11.1. The van der Waals surface area contributed by atoms with Gasteiger partial charge in [0.25, 0.3) is 0 Å². The molecule has 0 rings (SSSR count). The van der Waals surface area contributed by atoms with Gasteiger partial charge in [0.1, 0.15) is 0 Å². The molecule has 0 aliphatic carbocycles. The van der Waals surface area contributed by atoms with E-state index in [4.69, 9.17) is 20.4 Å². The molecule has 0 spiro atoms. The average Bonchev–Trinajstić information content (AvgIpc) is 1.54. The van der Waals surface area contributed by atoms with E-state index < -0.39 is 6.16 Å². The van der Waals surface area contributed by atoms with E-state index in [2.05, 4.69) is 28.3 Å². The smallest absolute Gasteiger partial charge is 0.336 e. The van der Waals surface area contributed by atoms with Crippen molar-refractivity contribution in [3.8, 4) is 0 Å². The molecule has 72 valence electrons. The minimum atomic E-state index is -2.33. The molecule has 9 nitrogen and oxygen atoms in total. The van der Waals surface area contributed by atoms with Crippen LogP contribution in [0.25, 0.3) is 0 Å². The van der Waals surface area contributed by atoms with Crippen molar-refractivity contribution in [2.75, 3.05) is 0 Å². The van der Waals surface area contributed by atoms with Crippen molar-refractivity contribution >= 4 is 18.1 Å². The molecule has 0 aliphatic rings. The molecule has 0 unspecified atom stereocenters. The molecule has 0 heterocycles. The number of guanidine groups is 2. The third kappa shape index (κ3) is 75.5. The summed E-state index contributed by atoms with van der Waals surface area (Å²) in [4.78, 5) is 8.33. The third-order valence-corrected chi connectivity index (χ3v) is 0. The monoisotopic (exact) mass is 179 g/mol. The Labute approximate surface area is 68.0 Å². The Morgan fingerprint density at radius 2 is 1.17 bits per heavy atom. The second kappa shape index (κ2) is 11.6. The molecule has 0 aromatic heterocycles. The van der Waals surface area contributed by atoms with Crippen LogP contribution in [0.3, 0.4) is 0 Å². The molecule has 0 aliphatic heterocycles. The van der Waals surface area contributed by atoms with E-state index in [1.165, 1.54) is 0 Å². The van der Waals surface area contributed by atoms with E-state index in [-0.39, 0.29) is 11.9 Å². The van der Waals surface area contributed by atoms with Gasteiger partial charge in [-0.05, 0) is 6.16 Å². The van der Waals surface area contributed by atoms with E-state index in [9.17, 15) is 0 Å². The maximum Gasteiger partial charge on any atom is 0.336 e. The number of nitrogens with one attached hydrogen (secondary N) is 1. The van der Waals surface area contributed by atoms with Crippen LogP contribution in [0.15, 0.2) is 0 Å². The number of hydrogen-bond acceptors (Lipinski definition) is 4. The molecule has 0 saturated heterocycles. The van der Waals surface area contributed by atoms with Gasteiger partial charge in [-0.3, -0.25) is 22.3 Å². The van der Waals surface area contributed by atoms with Crippen molar-refractivity contribution in [2.45, 2.75) is 0 Å². The first kappa shape index (κ1) is 16.4. The molecular weight excluding hydrogens is 168 g/mol. The predicted molar refractivity (Wildman–Crippen MR) is 36.8 cm³/mol. The van der Waals surface area contributed by atoms with Crippen LogP contribution < -0.4 is 38.6 Å². The van der Waals surface area contributed by atoms with Gasteiger partial charge in [-0.15, -0.1) is 0 Å². The van der Waals surface area contributed by atoms with Gasteiger partial charge in [0.15, 0.2) is 5.96 Å². The number of nitrogens with two attached hydrogens (primary N) is 5. The van der Waals surface area contributed by atoms with E-state index in [1.54, 1.807) is 0 Å².